The molecule has 1 N–H and O–H groups in total. The number of alkyl halides is 1. The van der Waals surface area contributed by atoms with Gasteiger partial charge in [0.1, 0.15) is 17.2 Å². The Kier molecular flexibility index (Phi) is 8.62. The van der Waals surface area contributed by atoms with Crippen molar-refractivity contribution in [2.75, 3.05) is 11.5 Å². The van der Waals surface area contributed by atoms with Gasteiger partial charge in [0, 0.05) is 16.9 Å². The molecule has 0 rings (SSSR count). The molecule has 0 bridgehead atoms. The number of alkyl carbamates (subject to hydrolysis) is 1. The molecule has 0 saturated carbocycles. The van der Waals surface area contributed by atoms with E-state index in [1.54, 1.807) is 41.5 Å². The molecule has 0 aliphatic carbocycles. The van der Waals surface area contributed by atoms with E-state index in [1.807, 2.05) is 6.92 Å². The van der Waals surface area contributed by atoms with Crippen molar-refractivity contribution in [2.45, 2.75) is 71.1 Å². The number of halogens is 1. The number of ether oxygens (including phenoxy) is 2. The molecule has 0 aliphatic rings. The van der Waals surface area contributed by atoms with Gasteiger partial charge in [-0.05, 0) is 48.5 Å². The molecular weight excluding hydrogens is 326 g/mol. The van der Waals surface area contributed by atoms with Crippen LogP contribution in [0.1, 0.15) is 48.5 Å². The molecule has 130 valence electrons. The van der Waals surface area contributed by atoms with Gasteiger partial charge in [0.05, 0.1) is 0 Å². The molecule has 0 unspecified atom stereocenters. The first kappa shape index (κ1) is 21.4. The molecule has 2 atom stereocenters. The predicted molar refractivity (Wildman–Crippen MR) is 91.6 cm³/mol. The third-order valence-electron chi connectivity index (χ3n) is 2.01. The Labute approximate surface area is 142 Å². The molecule has 22 heavy (non-hydrogen) atoms. The van der Waals surface area contributed by atoms with Gasteiger partial charge in [-0.1, -0.05) is 0 Å². The number of thioether (sulfide) groups is 1. The molecule has 0 radical (unpaired) electrons. The predicted octanol–water partition coefficient (Wildman–Crippen LogP) is 3.58. The highest BCUT2D eigenvalue weighted by Crippen LogP contribution is 2.14. The first-order chi connectivity index (χ1) is 9.80. The Morgan fingerprint density at radius 1 is 1.05 bits per heavy atom. The van der Waals surface area contributed by atoms with Crippen molar-refractivity contribution in [3.63, 3.8) is 0 Å². The Bertz CT molecular complexity index is 375. The van der Waals surface area contributed by atoms with Crippen molar-refractivity contribution in [2.24, 2.45) is 0 Å². The van der Waals surface area contributed by atoms with Crippen molar-refractivity contribution in [1.82, 2.24) is 5.32 Å². The summed E-state index contributed by atoms with van der Waals surface area (Å²) in [4.78, 5) is 24.1. The normalized spacial score (nSPS) is 14.9. The van der Waals surface area contributed by atoms with E-state index in [4.69, 9.17) is 21.1 Å². The van der Waals surface area contributed by atoms with Crippen molar-refractivity contribution < 1.29 is 19.1 Å². The summed E-state index contributed by atoms with van der Waals surface area (Å²) in [5.74, 6) is 0.579. The molecule has 7 heteroatoms. The lowest BCUT2D eigenvalue weighted by atomic mass is 10.2. The number of hydrogen-bond donors (Lipinski definition) is 1. The van der Waals surface area contributed by atoms with Crippen LogP contribution in [0.2, 0.25) is 0 Å². The van der Waals surface area contributed by atoms with E-state index >= 15 is 0 Å². The minimum atomic E-state index is -0.769. The van der Waals surface area contributed by atoms with Crippen LogP contribution < -0.4 is 5.32 Å². The average molecular weight is 354 g/mol. The molecule has 0 spiro atoms. The number of carbonyl (C=O) groups is 2. The lowest BCUT2D eigenvalue weighted by Gasteiger charge is -2.26. The zero-order valence-electron chi connectivity index (χ0n) is 14.5. The van der Waals surface area contributed by atoms with Crippen molar-refractivity contribution in [1.29, 1.82) is 0 Å². The molecule has 0 saturated heterocycles. The van der Waals surface area contributed by atoms with Crippen molar-refractivity contribution in [3.8, 4) is 0 Å². The Morgan fingerprint density at radius 2 is 1.55 bits per heavy atom. The molecule has 0 aromatic carbocycles. The third-order valence-corrected chi connectivity index (χ3v) is 3.66. The van der Waals surface area contributed by atoms with Crippen LogP contribution in [0.25, 0.3) is 0 Å². The first-order valence-electron chi connectivity index (χ1n) is 7.24. The van der Waals surface area contributed by atoms with Crippen molar-refractivity contribution in [3.05, 3.63) is 0 Å². The second-order valence-electron chi connectivity index (χ2n) is 7.05. The summed E-state index contributed by atoms with van der Waals surface area (Å²) in [5.41, 5.74) is -1.24. The minimum Gasteiger partial charge on any atom is -0.458 e. The van der Waals surface area contributed by atoms with E-state index in [0.29, 0.717) is 11.5 Å². The summed E-state index contributed by atoms with van der Waals surface area (Å²) in [6.07, 6.45) is -0.636. The van der Waals surface area contributed by atoms with Gasteiger partial charge in [0.2, 0.25) is 0 Å². The number of hydrogen-bond acceptors (Lipinski definition) is 5. The molecule has 0 fully saturated rings. The zero-order chi connectivity index (χ0) is 17.6. The highest BCUT2D eigenvalue weighted by atomic mass is 35.5. The topological polar surface area (TPSA) is 64.6 Å². The summed E-state index contributed by atoms with van der Waals surface area (Å²) in [6.45, 7) is 12.5. The molecule has 0 aromatic heterocycles. The SMILES string of the molecule is C[C@H](Cl)CSC[C@H](NC(=O)OC(C)(C)C)C(=O)OC(C)(C)C. The molecule has 0 aromatic rings. The number of esters is 1. The summed E-state index contributed by atoms with van der Waals surface area (Å²) >= 11 is 7.37. The molecule has 1 amide bonds. The maximum absolute atomic E-state index is 12.2. The standard InChI is InChI=1S/C15H28ClNO4S/c1-10(16)8-22-9-11(12(18)20-14(2,3)4)17-13(19)21-15(5,6)7/h10-11H,8-9H2,1-7H3,(H,17,19)/t10-,11-/m0/s1. The van der Waals surface area contributed by atoms with Gasteiger partial charge >= 0.3 is 12.1 Å². The van der Waals surface area contributed by atoms with Gasteiger partial charge in [-0.15, -0.1) is 11.6 Å². The summed E-state index contributed by atoms with van der Waals surface area (Å²) < 4.78 is 10.5. The van der Waals surface area contributed by atoms with E-state index in [2.05, 4.69) is 5.32 Å². The van der Waals surface area contributed by atoms with Crippen LogP contribution in [0, 0.1) is 0 Å². The number of rotatable bonds is 6. The van der Waals surface area contributed by atoms with Gasteiger partial charge < -0.3 is 14.8 Å². The van der Waals surface area contributed by atoms with E-state index < -0.39 is 29.3 Å². The highest BCUT2D eigenvalue weighted by molar-refractivity contribution is 7.99. The molecule has 5 nitrogen and oxygen atoms in total. The van der Waals surface area contributed by atoms with Crippen LogP contribution in [0.4, 0.5) is 4.79 Å². The molecule has 0 aliphatic heterocycles. The Morgan fingerprint density at radius 3 is 1.95 bits per heavy atom. The number of amides is 1. The van der Waals surface area contributed by atoms with E-state index in [-0.39, 0.29) is 5.38 Å². The Balaban J connectivity index is 4.71. The number of carbonyl (C=O) groups excluding carboxylic acids is 2. The largest absolute Gasteiger partial charge is 0.458 e. The van der Waals surface area contributed by atoms with Gasteiger partial charge in [-0.25, -0.2) is 9.59 Å². The molecule has 0 heterocycles. The summed E-state index contributed by atoms with van der Waals surface area (Å²) in [5, 5.41) is 2.56. The maximum atomic E-state index is 12.2. The summed E-state index contributed by atoms with van der Waals surface area (Å²) in [7, 11) is 0. The fraction of sp³-hybridized carbons (Fsp3) is 0.867. The van der Waals surface area contributed by atoms with Gasteiger partial charge in [-0.3, -0.25) is 0 Å². The fourth-order valence-corrected chi connectivity index (χ4v) is 2.52. The van der Waals surface area contributed by atoms with Gasteiger partial charge in [-0.2, -0.15) is 11.8 Å². The van der Waals surface area contributed by atoms with Crippen molar-refractivity contribution >= 4 is 35.4 Å². The smallest absolute Gasteiger partial charge is 0.408 e. The van der Waals surface area contributed by atoms with Crippen LogP contribution >= 0.6 is 23.4 Å². The van der Waals surface area contributed by atoms with E-state index in [1.165, 1.54) is 11.8 Å². The Hall–Kier alpha value is -0.620. The van der Waals surface area contributed by atoms with Crippen LogP contribution in [-0.4, -0.2) is 46.2 Å². The lowest BCUT2D eigenvalue weighted by Crippen LogP contribution is -2.47. The van der Waals surface area contributed by atoms with Crippen LogP contribution in [0.3, 0.4) is 0 Å². The van der Waals surface area contributed by atoms with Gasteiger partial charge in [0.15, 0.2) is 0 Å². The van der Waals surface area contributed by atoms with Crippen LogP contribution in [0.5, 0.6) is 0 Å². The average Bonchev–Trinajstić information content (AvgIpc) is 2.21. The highest BCUT2D eigenvalue weighted by Gasteiger charge is 2.28. The third kappa shape index (κ3) is 12.0. The maximum Gasteiger partial charge on any atom is 0.408 e. The summed E-state index contributed by atoms with van der Waals surface area (Å²) in [6, 6.07) is -0.769. The van der Waals surface area contributed by atoms with Crippen LogP contribution in [0.15, 0.2) is 0 Å². The quantitative estimate of drug-likeness (QED) is 0.584. The lowest BCUT2D eigenvalue weighted by molar-refractivity contribution is -0.156. The second kappa shape index (κ2) is 8.87. The minimum absolute atomic E-state index is 0.00851. The zero-order valence-corrected chi connectivity index (χ0v) is 16.1. The van der Waals surface area contributed by atoms with E-state index in [0.717, 1.165) is 0 Å². The number of nitrogens with one attached hydrogen (secondary N) is 1. The van der Waals surface area contributed by atoms with Gasteiger partial charge in [0.25, 0.3) is 0 Å². The fourth-order valence-electron chi connectivity index (χ4n) is 1.34. The monoisotopic (exact) mass is 353 g/mol. The second-order valence-corrected chi connectivity index (χ2v) is 8.87. The first-order valence-corrected chi connectivity index (χ1v) is 8.83. The molecular formula is C15H28ClNO4S. The van der Waals surface area contributed by atoms with Crippen LogP contribution in [-0.2, 0) is 14.3 Å². The van der Waals surface area contributed by atoms with E-state index in [9.17, 15) is 9.59 Å².